The number of nitrogens with zero attached hydrogens (tertiary/aromatic N) is 2. The van der Waals surface area contributed by atoms with E-state index >= 15 is 0 Å². The summed E-state index contributed by atoms with van der Waals surface area (Å²) in [6.07, 6.45) is 1.30. The lowest BCUT2D eigenvalue weighted by molar-refractivity contribution is -0.119. The molecule has 1 aromatic carbocycles. The molecule has 2 N–H and O–H groups in total. The van der Waals surface area contributed by atoms with E-state index in [2.05, 4.69) is 10.4 Å². The lowest BCUT2D eigenvalue weighted by atomic mass is 10.2. The molecule has 0 spiro atoms. The Kier molecular flexibility index (Phi) is 3.79. The van der Waals surface area contributed by atoms with Gasteiger partial charge < -0.3 is 10.4 Å². The summed E-state index contributed by atoms with van der Waals surface area (Å²) in [7, 11) is 0. The van der Waals surface area contributed by atoms with Crippen LogP contribution in [-0.2, 0) is 4.79 Å². The fraction of sp³-hybridized carbons (Fsp3) is 0.154. The summed E-state index contributed by atoms with van der Waals surface area (Å²) < 4.78 is 14.1. The monoisotopic (exact) mass is 277 g/mol. The predicted molar refractivity (Wildman–Crippen MR) is 68.9 cm³/mol. The molecular weight excluding hydrogens is 265 g/mol. The quantitative estimate of drug-likeness (QED) is 0.894. The normalized spacial score (nSPS) is 11.9. The van der Waals surface area contributed by atoms with E-state index in [9.17, 15) is 14.0 Å². The van der Waals surface area contributed by atoms with E-state index in [0.717, 1.165) is 4.68 Å². The number of carboxylic acid groups (broad SMARTS) is 1. The van der Waals surface area contributed by atoms with Gasteiger partial charge in [0.2, 0.25) is 5.91 Å². The van der Waals surface area contributed by atoms with E-state index in [-0.39, 0.29) is 5.69 Å². The Bertz CT molecular complexity index is 654. The van der Waals surface area contributed by atoms with Crippen LogP contribution in [0.2, 0.25) is 0 Å². The number of aromatic carboxylic acids is 1. The fourth-order valence-electron chi connectivity index (χ4n) is 1.72. The van der Waals surface area contributed by atoms with Crippen molar-refractivity contribution in [3.8, 4) is 0 Å². The van der Waals surface area contributed by atoms with E-state index in [4.69, 9.17) is 5.11 Å². The lowest BCUT2D eigenvalue weighted by Gasteiger charge is -2.14. The molecule has 6 nitrogen and oxygen atoms in total. The first-order chi connectivity index (χ1) is 9.49. The Balaban J connectivity index is 2.16. The number of halogens is 1. The maximum Gasteiger partial charge on any atom is 0.354 e. The van der Waals surface area contributed by atoms with Crippen molar-refractivity contribution >= 4 is 17.6 Å². The molecule has 0 aliphatic rings. The highest BCUT2D eigenvalue weighted by Gasteiger charge is 2.21. The number of aromatic nitrogens is 2. The van der Waals surface area contributed by atoms with Gasteiger partial charge in [-0.15, -0.1) is 0 Å². The lowest BCUT2D eigenvalue weighted by Crippen LogP contribution is -2.26. The number of carbonyl (C=O) groups is 2. The van der Waals surface area contributed by atoms with Gasteiger partial charge >= 0.3 is 5.97 Å². The van der Waals surface area contributed by atoms with Gasteiger partial charge in [0.05, 0.1) is 0 Å². The molecule has 1 aromatic heterocycles. The third-order valence-corrected chi connectivity index (χ3v) is 2.73. The average Bonchev–Trinajstić information content (AvgIpc) is 2.87. The number of benzene rings is 1. The molecule has 0 bridgehead atoms. The van der Waals surface area contributed by atoms with Crippen LogP contribution in [-0.4, -0.2) is 26.8 Å². The summed E-state index contributed by atoms with van der Waals surface area (Å²) in [5.74, 6) is -2.13. The van der Waals surface area contributed by atoms with Crippen LogP contribution < -0.4 is 5.32 Å². The van der Waals surface area contributed by atoms with E-state index in [1.165, 1.54) is 43.5 Å². The standard InChI is InChI=1S/C13H12FN3O3/c1-8(17-11(13(19)20)5-6-15-17)12(18)16-10-4-2-3-9(14)7-10/h2-8H,1H3,(H,16,18)(H,19,20). The van der Waals surface area contributed by atoms with Gasteiger partial charge in [-0.3, -0.25) is 4.79 Å². The van der Waals surface area contributed by atoms with Crippen LogP contribution in [0.15, 0.2) is 36.5 Å². The number of nitrogens with one attached hydrogen (secondary N) is 1. The predicted octanol–water partition coefficient (Wildman–Crippen LogP) is 1.92. The van der Waals surface area contributed by atoms with E-state index in [0.29, 0.717) is 5.69 Å². The average molecular weight is 277 g/mol. The zero-order chi connectivity index (χ0) is 14.7. The molecule has 0 aliphatic heterocycles. The summed E-state index contributed by atoms with van der Waals surface area (Å²) in [5, 5.41) is 15.3. The second kappa shape index (κ2) is 5.52. The molecule has 1 unspecified atom stereocenters. The first-order valence-electron chi connectivity index (χ1n) is 5.82. The van der Waals surface area contributed by atoms with Crippen molar-refractivity contribution < 1.29 is 19.1 Å². The number of hydrogen-bond donors (Lipinski definition) is 2. The molecule has 2 aromatic rings. The van der Waals surface area contributed by atoms with Crippen molar-refractivity contribution in [2.45, 2.75) is 13.0 Å². The Labute approximate surface area is 113 Å². The molecule has 7 heteroatoms. The van der Waals surface area contributed by atoms with Crippen LogP contribution in [0.25, 0.3) is 0 Å². The van der Waals surface area contributed by atoms with Gasteiger partial charge in [-0.2, -0.15) is 5.10 Å². The van der Waals surface area contributed by atoms with Crippen LogP contribution in [0.5, 0.6) is 0 Å². The summed E-state index contributed by atoms with van der Waals surface area (Å²) in [4.78, 5) is 23.0. The van der Waals surface area contributed by atoms with Crippen LogP contribution in [0.1, 0.15) is 23.5 Å². The van der Waals surface area contributed by atoms with Crippen LogP contribution in [0, 0.1) is 5.82 Å². The van der Waals surface area contributed by atoms with Crippen molar-refractivity contribution in [1.82, 2.24) is 9.78 Å². The Hall–Kier alpha value is -2.70. The Morgan fingerprint density at radius 2 is 2.15 bits per heavy atom. The molecule has 1 heterocycles. The zero-order valence-electron chi connectivity index (χ0n) is 10.6. The van der Waals surface area contributed by atoms with Gasteiger partial charge in [-0.1, -0.05) is 6.07 Å². The maximum absolute atomic E-state index is 13.0. The van der Waals surface area contributed by atoms with Gasteiger partial charge in [-0.25, -0.2) is 13.9 Å². The molecule has 0 saturated carbocycles. The summed E-state index contributed by atoms with van der Waals surface area (Å²) in [6, 6.07) is 5.90. The fourth-order valence-corrected chi connectivity index (χ4v) is 1.72. The Morgan fingerprint density at radius 3 is 2.80 bits per heavy atom. The summed E-state index contributed by atoms with van der Waals surface area (Å²) in [6.45, 7) is 1.51. The minimum atomic E-state index is -1.17. The van der Waals surface area contributed by atoms with Crippen LogP contribution >= 0.6 is 0 Å². The van der Waals surface area contributed by atoms with Crippen molar-refractivity contribution in [2.24, 2.45) is 0 Å². The smallest absolute Gasteiger partial charge is 0.354 e. The molecule has 20 heavy (non-hydrogen) atoms. The maximum atomic E-state index is 13.0. The van der Waals surface area contributed by atoms with Crippen LogP contribution in [0.3, 0.4) is 0 Å². The number of hydrogen-bond acceptors (Lipinski definition) is 3. The Morgan fingerprint density at radius 1 is 1.40 bits per heavy atom. The number of carbonyl (C=O) groups excluding carboxylic acids is 1. The second-order valence-electron chi connectivity index (χ2n) is 4.14. The van der Waals surface area contributed by atoms with E-state index in [1.807, 2.05) is 0 Å². The first kappa shape index (κ1) is 13.7. The molecule has 1 amide bonds. The van der Waals surface area contributed by atoms with E-state index < -0.39 is 23.7 Å². The van der Waals surface area contributed by atoms with Gasteiger partial charge in [-0.05, 0) is 31.2 Å². The third-order valence-electron chi connectivity index (χ3n) is 2.73. The molecule has 0 aliphatic carbocycles. The van der Waals surface area contributed by atoms with Crippen molar-refractivity contribution in [3.05, 3.63) is 48.0 Å². The summed E-state index contributed by atoms with van der Waals surface area (Å²) in [5.41, 5.74) is 0.206. The molecular formula is C13H12FN3O3. The SMILES string of the molecule is CC(C(=O)Nc1cccc(F)c1)n1nccc1C(=O)O. The highest BCUT2D eigenvalue weighted by Crippen LogP contribution is 2.14. The number of rotatable bonds is 4. The molecule has 104 valence electrons. The highest BCUT2D eigenvalue weighted by atomic mass is 19.1. The molecule has 0 fully saturated rings. The van der Waals surface area contributed by atoms with Gasteiger partial charge in [0.15, 0.2) is 0 Å². The minimum Gasteiger partial charge on any atom is -0.477 e. The number of amides is 1. The molecule has 0 radical (unpaired) electrons. The van der Waals surface area contributed by atoms with Crippen molar-refractivity contribution in [2.75, 3.05) is 5.32 Å². The summed E-state index contributed by atoms with van der Waals surface area (Å²) >= 11 is 0. The van der Waals surface area contributed by atoms with Gasteiger partial charge in [0.25, 0.3) is 0 Å². The van der Waals surface area contributed by atoms with Crippen LogP contribution in [0.4, 0.5) is 10.1 Å². The first-order valence-corrected chi connectivity index (χ1v) is 5.82. The zero-order valence-corrected chi connectivity index (χ0v) is 10.6. The molecule has 0 saturated heterocycles. The molecule has 1 atom stereocenters. The van der Waals surface area contributed by atoms with Gasteiger partial charge in [0, 0.05) is 11.9 Å². The van der Waals surface area contributed by atoms with Crippen molar-refractivity contribution in [3.63, 3.8) is 0 Å². The van der Waals surface area contributed by atoms with Gasteiger partial charge in [0.1, 0.15) is 17.6 Å². The second-order valence-corrected chi connectivity index (χ2v) is 4.14. The topological polar surface area (TPSA) is 84.2 Å². The molecule has 2 rings (SSSR count). The largest absolute Gasteiger partial charge is 0.477 e. The van der Waals surface area contributed by atoms with Crippen molar-refractivity contribution in [1.29, 1.82) is 0 Å². The number of carboxylic acids is 1. The highest BCUT2D eigenvalue weighted by molar-refractivity contribution is 5.94. The third kappa shape index (κ3) is 2.82. The van der Waals surface area contributed by atoms with E-state index in [1.54, 1.807) is 0 Å². The minimum absolute atomic E-state index is 0.0908. The number of anilines is 1.